The van der Waals surface area contributed by atoms with Crippen LogP contribution < -0.4 is 10.1 Å². The average Bonchev–Trinajstić information content (AvgIpc) is 3.15. The Hall–Kier alpha value is -2.57. The second-order valence-corrected chi connectivity index (χ2v) is 8.51. The quantitative estimate of drug-likeness (QED) is 0.824. The molecule has 1 aromatic rings. The summed E-state index contributed by atoms with van der Waals surface area (Å²) in [5.41, 5.74) is 0.888. The number of likely N-dealkylation sites (tertiary alicyclic amines) is 2. The Morgan fingerprint density at radius 2 is 1.93 bits per heavy atom. The van der Waals surface area contributed by atoms with Crippen molar-refractivity contribution in [1.29, 1.82) is 0 Å². The molecular weight excluding hydrogens is 370 g/mol. The maximum atomic E-state index is 12.9. The van der Waals surface area contributed by atoms with Gasteiger partial charge in [-0.15, -0.1) is 0 Å². The molecule has 7 heteroatoms. The van der Waals surface area contributed by atoms with Crippen molar-refractivity contribution < 1.29 is 19.1 Å². The molecule has 7 nitrogen and oxygen atoms in total. The van der Waals surface area contributed by atoms with Gasteiger partial charge in [0.1, 0.15) is 17.4 Å². The van der Waals surface area contributed by atoms with Crippen molar-refractivity contribution >= 4 is 17.7 Å². The van der Waals surface area contributed by atoms with Crippen molar-refractivity contribution in [1.82, 2.24) is 15.1 Å². The monoisotopic (exact) mass is 399 g/mol. The highest BCUT2D eigenvalue weighted by Crippen LogP contribution is 2.34. The molecular formula is C22H29N3O4. The molecule has 3 aliphatic heterocycles. The van der Waals surface area contributed by atoms with Crippen LogP contribution in [0.5, 0.6) is 5.75 Å². The molecule has 0 radical (unpaired) electrons. The summed E-state index contributed by atoms with van der Waals surface area (Å²) in [5, 5.41) is 2.97. The summed E-state index contributed by atoms with van der Waals surface area (Å²) >= 11 is 0. The molecule has 0 aromatic heterocycles. The first-order valence-corrected chi connectivity index (χ1v) is 10.5. The first-order chi connectivity index (χ1) is 13.9. The SMILES string of the molecule is Cc1ccc2c(c1)C(=O)NC[C@@]1(CCC(=O)N([C@H](C)C(=O)N3CCCC3)CC1)O2. The molecule has 3 heterocycles. The lowest BCUT2D eigenvalue weighted by Gasteiger charge is -2.33. The molecule has 3 aliphatic rings. The molecule has 2 fully saturated rings. The van der Waals surface area contributed by atoms with E-state index in [0.717, 1.165) is 31.5 Å². The lowest BCUT2D eigenvalue weighted by molar-refractivity contribution is -0.144. The number of benzene rings is 1. The van der Waals surface area contributed by atoms with Crippen molar-refractivity contribution in [2.24, 2.45) is 0 Å². The van der Waals surface area contributed by atoms with E-state index < -0.39 is 11.6 Å². The summed E-state index contributed by atoms with van der Waals surface area (Å²) in [6.07, 6.45) is 3.45. The number of carbonyl (C=O) groups excluding carboxylic acids is 3. The third kappa shape index (κ3) is 3.82. The highest BCUT2D eigenvalue weighted by atomic mass is 16.5. The minimum absolute atomic E-state index is 0.0229. The summed E-state index contributed by atoms with van der Waals surface area (Å²) < 4.78 is 6.37. The zero-order valence-corrected chi connectivity index (χ0v) is 17.2. The molecule has 0 saturated carbocycles. The molecule has 4 rings (SSSR count). The Morgan fingerprint density at radius 1 is 1.17 bits per heavy atom. The summed E-state index contributed by atoms with van der Waals surface area (Å²) in [5.74, 6) is 0.422. The molecule has 29 heavy (non-hydrogen) atoms. The number of aryl methyl sites for hydroxylation is 1. The van der Waals surface area contributed by atoms with Gasteiger partial charge in [-0.25, -0.2) is 0 Å². The van der Waals surface area contributed by atoms with Gasteiger partial charge in [0, 0.05) is 32.5 Å². The van der Waals surface area contributed by atoms with Crippen LogP contribution in [0, 0.1) is 6.92 Å². The Balaban J connectivity index is 1.52. The zero-order valence-electron chi connectivity index (χ0n) is 17.2. The Morgan fingerprint density at radius 3 is 2.69 bits per heavy atom. The van der Waals surface area contributed by atoms with E-state index >= 15 is 0 Å². The van der Waals surface area contributed by atoms with Gasteiger partial charge in [0.25, 0.3) is 5.91 Å². The molecule has 1 aromatic carbocycles. The maximum absolute atomic E-state index is 12.9. The highest BCUT2D eigenvalue weighted by Gasteiger charge is 2.42. The van der Waals surface area contributed by atoms with E-state index in [4.69, 9.17) is 4.74 Å². The third-order valence-electron chi connectivity index (χ3n) is 6.44. The lowest BCUT2D eigenvalue weighted by Crippen LogP contribution is -2.49. The number of hydrogen-bond donors (Lipinski definition) is 1. The van der Waals surface area contributed by atoms with Gasteiger partial charge in [-0.1, -0.05) is 11.6 Å². The summed E-state index contributed by atoms with van der Waals surface area (Å²) in [7, 11) is 0. The maximum Gasteiger partial charge on any atom is 0.255 e. The van der Waals surface area contributed by atoms with E-state index in [1.54, 1.807) is 4.90 Å². The molecule has 3 amide bonds. The topological polar surface area (TPSA) is 79.0 Å². The van der Waals surface area contributed by atoms with Crippen LogP contribution in [0.4, 0.5) is 0 Å². The fourth-order valence-electron chi connectivity index (χ4n) is 4.59. The van der Waals surface area contributed by atoms with Crippen molar-refractivity contribution in [3.8, 4) is 5.75 Å². The van der Waals surface area contributed by atoms with Crippen molar-refractivity contribution in [2.75, 3.05) is 26.2 Å². The van der Waals surface area contributed by atoms with Crippen LogP contribution in [-0.2, 0) is 9.59 Å². The first-order valence-electron chi connectivity index (χ1n) is 10.5. The predicted octanol–water partition coefficient (Wildman–Crippen LogP) is 1.88. The smallest absolute Gasteiger partial charge is 0.255 e. The van der Waals surface area contributed by atoms with Crippen molar-refractivity contribution in [3.05, 3.63) is 29.3 Å². The molecule has 2 saturated heterocycles. The highest BCUT2D eigenvalue weighted by molar-refractivity contribution is 5.97. The number of hydrogen-bond acceptors (Lipinski definition) is 4. The zero-order chi connectivity index (χ0) is 20.6. The number of amides is 3. The minimum atomic E-state index is -0.642. The van der Waals surface area contributed by atoms with Crippen LogP contribution in [0.15, 0.2) is 18.2 Å². The van der Waals surface area contributed by atoms with Crippen LogP contribution in [0.1, 0.15) is 54.9 Å². The standard InChI is InChI=1S/C22H29N3O4/c1-15-5-6-18-17(13-15)20(27)23-14-22(29-18)8-7-19(26)25(12-9-22)16(2)21(28)24-10-3-4-11-24/h5-6,13,16H,3-4,7-12,14H2,1-2H3,(H,23,27)/t16-,22+/m1/s1. The average molecular weight is 399 g/mol. The summed E-state index contributed by atoms with van der Waals surface area (Å²) in [4.78, 5) is 41.7. The van der Waals surface area contributed by atoms with Crippen LogP contribution in [-0.4, -0.2) is 65.3 Å². The van der Waals surface area contributed by atoms with E-state index in [9.17, 15) is 14.4 Å². The summed E-state index contributed by atoms with van der Waals surface area (Å²) in [6, 6.07) is 5.12. The number of rotatable bonds is 2. The normalized spacial score (nSPS) is 25.7. The van der Waals surface area contributed by atoms with Gasteiger partial charge in [0.15, 0.2) is 0 Å². The number of fused-ring (bicyclic) bond motifs is 1. The van der Waals surface area contributed by atoms with E-state index in [2.05, 4.69) is 5.32 Å². The Bertz CT molecular complexity index is 833. The van der Waals surface area contributed by atoms with E-state index in [1.807, 2.05) is 36.9 Å². The van der Waals surface area contributed by atoms with E-state index in [0.29, 0.717) is 43.7 Å². The number of carbonyl (C=O) groups is 3. The second kappa shape index (κ2) is 7.69. The molecule has 156 valence electrons. The molecule has 1 spiro atoms. The Kier molecular flexibility index (Phi) is 5.23. The number of ether oxygens (including phenoxy) is 1. The largest absolute Gasteiger partial charge is 0.485 e. The van der Waals surface area contributed by atoms with Gasteiger partial charge < -0.3 is 19.9 Å². The predicted molar refractivity (Wildman–Crippen MR) is 108 cm³/mol. The summed E-state index contributed by atoms with van der Waals surface area (Å²) in [6.45, 7) is 6.12. The number of nitrogens with zero attached hydrogens (tertiary/aromatic N) is 2. The molecule has 0 unspecified atom stereocenters. The van der Waals surface area contributed by atoms with Gasteiger partial charge in [-0.05, 0) is 45.2 Å². The first kappa shape index (κ1) is 19.7. The van der Waals surface area contributed by atoms with E-state index in [-0.39, 0.29) is 17.7 Å². The van der Waals surface area contributed by atoms with Crippen LogP contribution in [0.3, 0.4) is 0 Å². The van der Waals surface area contributed by atoms with Gasteiger partial charge in [-0.3, -0.25) is 14.4 Å². The fourth-order valence-corrected chi connectivity index (χ4v) is 4.59. The Labute approximate surface area is 171 Å². The minimum Gasteiger partial charge on any atom is -0.485 e. The van der Waals surface area contributed by atoms with Crippen LogP contribution >= 0.6 is 0 Å². The number of nitrogens with one attached hydrogen (secondary N) is 1. The van der Waals surface area contributed by atoms with Gasteiger partial charge in [0.2, 0.25) is 11.8 Å². The lowest BCUT2D eigenvalue weighted by atomic mass is 9.94. The van der Waals surface area contributed by atoms with Crippen molar-refractivity contribution in [2.45, 2.75) is 57.6 Å². The fraction of sp³-hybridized carbons (Fsp3) is 0.591. The van der Waals surface area contributed by atoms with Crippen LogP contribution in [0.2, 0.25) is 0 Å². The van der Waals surface area contributed by atoms with E-state index in [1.165, 1.54) is 0 Å². The van der Waals surface area contributed by atoms with Gasteiger partial charge in [0.05, 0.1) is 12.1 Å². The third-order valence-corrected chi connectivity index (χ3v) is 6.44. The molecule has 2 atom stereocenters. The molecule has 0 bridgehead atoms. The molecule has 0 aliphatic carbocycles. The van der Waals surface area contributed by atoms with Gasteiger partial charge in [-0.2, -0.15) is 0 Å². The second-order valence-electron chi connectivity index (χ2n) is 8.51. The van der Waals surface area contributed by atoms with Crippen LogP contribution in [0.25, 0.3) is 0 Å². The molecule has 1 N–H and O–H groups in total. The van der Waals surface area contributed by atoms with Crippen molar-refractivity contribution in [3.63, 3.8) is 0 Å². The van der Waals surface area contributed by atoms with Gasteiger partial charge >= 0.3 is 0 Å².